The molecular formula is C9H24N4Si. The summed E-state index contributed by atoms with van der Waals surface area (Å²) in [4.78, 5) is 13.8. The quantitative estimate of drug-likeness (QED) is 0.489. The van der Waals surface area contributed by atoms with E-state index in [9.17, 15) is 0 Å². The van der Waals surface area contributed by atoms with Crippen LogP contribution < -0.4 is 19.9 Å². The van der Waals surface area contributed by atoms with E-state index < -0.39 is 8.72 Å². The van der Waals surface area contributed by atoms with E-state index in [0.717, 1.165) is 0 Å². The number of nitrogens with one attached hydrogen (secondary N) is 4. The van der Waals surface area contributed by atoms with Crippen LogP contribution in [0.4, 0.5) is 0 Å². The Morgan fingerprint density at radius 3 is 1.79 bits per heavy atom. The molecule has 0 radical (unpaired) electrons. The second-order valence-electron chi connectivity index (χ2n) is 3.98. The Morgan fingerprint density at radius 2 is 1.36 bits per heavy atom. The Bertz CT molecular complexity index is 147. The SMILES string of the molecule is CN[Si](NC)(NC)NC1CCCCC1. The first-order chi connectivity index (χ1) is 6.76. The molecule has 0 aromatic carbocycles. The average Bonchev–Trinajstić information content (AvgIpc) is 2.28. The molecule has 1 aliphatic rings. The highest BCUT2D eigenvalue weighted by molar-refractivity contribution is 6.69. The maximum Gasteiger partial charge on any atom is 0.365 e. The van der Waals surface area contributed by atoms with Gasteiger partial charge in [0, 0.05) is 6.04 Å². The van der Waals surface area contributed by atoms with E-state index in [1.165, 1.54) is 32.1 Å². The predicted octanol–water partition coefficient (Wildman–Crippen LogP) is 0.00250. The molecule has 0 atom stereocenters. The van der Waals surface area contributed by atoms with Crippen LogP contribution in [0.2, 0.25) is 0 Å². The van der Waals surface area contributed by atoms with Gasteiger partial charge in [-0.15, -0.1) is 0 Å². The van der Waals surface area contributed by atoms with Crippen LogP contribution >= 0.6 is 0 Å². The van der Waals surface area contributed by atoms with Crippen LogP contribution in [0.5, 0.6) is 0 Å². The summed E-state index contributed by atoms with van der Waals surface area (Å²) in [5.41, 5.74) is 0. The van der Waals surface area contributed by atoms with E-state index >= 15 is 0 Å². The molecule has 1 fully saturated rings. The summed E-state index contributed by atoms with van der Waals surface area (Å²) in [6.45, 7) is 0. The standard InChI is InChI=1S/C9H24N4Si/c1-10-14(11-2,12-3)13-9-7-5-4-6-8-9/h9-13H,4-8H2,1-3H3. The van der Waals surface area contributed by atoms with Crippen molar-refractivity contribution in [2.75, 3.05) is 21.1 Å². The summed E-state index contributed by atoms with van der Waals surface area (Å²) in [5.74, 6) is 0. The fourth-order valence-electron chi connectivity index (χ4n) is 2.14. The summed E-state index contributed by atoms with van der Waals surface area (Å²) < 4.78 is 0. The molecule has 0 aromatic rings. The molecular weight excluding hydrogens is 192 g/mol. The van der Waals surface area contributed by atoms with Gasteiger partial charge in [-0.2, -0.15) is 0 Å². The van der Waals surface area contributed by atoms with Gasteiger partial charge in [0.25, 0.3) is 0 Å². The van der Waals surface area contributed by atoms with Crippen LogP contribution in [0.3, 0.4) is 0 Å². The maximum absolute atomic E-state index is 3.72. The second-order valence-corrected chi connectivity index (χ2v) is 7.27. The van der Waals surface area contributed by atoms with E-state index in [1.54, 1.807) is 0 Å². The monoisotopic (exact) mass is 216 g/mol. The number of hydrogen-bond acceptors (Lipinski definition) is 4. The molecule has 1 aliphatic carbocycles. The number of rotatable bonds is 5. The van der Waals surface area contributed by atoms with Crippen molar-refractivity contribution in [3.05, 3.63) is 0 Å². The van der Waals surface area contributed by atoms with Gasteiger partial charge >= 0.3 is 8.72 Å². The molecule has 0 amide bonds. The molecule has 0 unspecified atom stereocenters. The third-order valence-electron chi connectivity index (χ3n) is 3.15. The van der Waals surface area contributed by atoms with Crippen LogP contribution in [0.15, 0.2) is 0 Å². The molecule has 0 aromatic heterocycles. The van der Waals surface area contributed by atoms with E-state index in [0.29, 0.717) is 6.04 Å². The molecule has 4 N–H and O–H groups in total. The fraction of sp³-hybridized carbons (Fsp3) is 1.00. The van der Waals surface area contributed by atoms with Crippen LogP contribution in [-0.2, 0) is 0 Å². The Balaban J connectivity index is 2.44. The minimum Gasteiger partial charge on any atom is -0.303 e. The zero-order valence-corrected chi connectivity index (χ0v) is 10.6. The first-order valence-electron chi connectivity index (χ1n) is 5.61. The van der Waals surface area contributed by atoms with Crippen molar-refractivity contribution >= 4 is 8.72 Å². The maximum atomic E-state index is 3.72. The van der Waals surface area contributed by atoms with E-state index in [1.807, 2.05) is 21.1 Å². The number of hydrogen-bond donors (Lipinski definition) is 4. The molecule has 0 bridgehead atoms. The second kappa shape index (κ2) is 5.82. The highest BCUT2D eigenvalue weighted by Crippen LogP contribution is 2.17. The van der Waals surface area contributed by atoms with Crippen LogP contribution in [0, 0.1) is 0 Å². The van der Waals surface area contributed by atoms with Crippen molar-refractivity contribution in [3.8, 4) is 0 Å². The Labute approximate surface area is 88.6 Å². The van der Waals surface area contributed by atoms with Gasteiger partial charge in [0.1, 0.15) is 0 Å². The zero-order chi connectivity index (χ0) is 10.4. The molecule has 5 heteroatoms. The van der Waals surface area contributed by atoms with Crippen molar-refractivity contribution < 1.29 is 0 Å². The molecule has 0 aliphatic heterocycles. The van der Waals surface area contributed by atoms with Crippen LogP contribution in [-0.4, -0.2) is 35.9 Å². The van der Waals surface area contributed by atoms with Crippen molar-refractivity contribution in [2.45, 2.75) is 38.1 Å². The Morgan fingerprint density at radius 1 is 0.857 bits per heavy atom. The van der Waals surface area contributed by atoms with E-state index in [4.69, 9.17) is 0 Å². The van der Waals surface area contributed by atoms with Gasteiger partial charge in [-0.25, -0.2) is 0 Å². The largest absolute Gasteiger partial charge is 0.365 e. The van der Waals surface area contributed by atoms with Crippen LogP contribution in [0.1, 0.15) is 32.1 Å². The molecule has 1 saturated carbocycles. The third-order valence-corrected chi connectivity index (χ3v) is 6.24. The molecule has 14 heavy (non-hydrogen) atoms. The zero-order valence-electron chi connectivity index (χ0n) is 9.61. The first-order valence-corrected chi connectivity index (χ1v) is 7.61. The summed E-state index contributed by atoms with van der Waals surface area (Å²) >= 11 is 0. The van der Waals surface area contributed by atoms with Crippen molar-refractivity contribution in [1.82, 2.24) is 19.9 Å². The average molecular weight is 216 g/mol. The van der Waals surface area contributed by atoms with Crippen LogP contribution in [0.25, 0.3) is 0 Å². The topological polar surface area (TPSA) is 48.1 Å². The smallest absolute Gasteiger partial charge is 0.303 e. The first kappa shape index (κ1) is 12.1. The molecule has 1 rings (SSSR count). The van der Waals surface area contributed by atoms with Gasteiger partial charge in [0.05, 0.1) is 0 Å². The highest BCUT2D eigenvalue weighted by atomic mass is 28.4. The lowest BCUT2D eigenvalue weighted by Crippen LogP contribution is -2.80. The minimum absolute atomic E-state index is 0.683. The molecule has 0 spiro atoms. The van der Waals surface area contributed by atoms with Crippen molar-refractivity contribution in [2.24, 2.45) is 0 Å². The van der Waals surface area contributed by atoms with Gasteiger partial charge in [0.15, 0.2) is 0 Å². The normalized spacial score (nSPS) is 19.9. The van der Waals surface area contributed by atoms with E-state index in [-0.39, 0.29) is 0 Å². The fourth-order valence-corrected chi connectivity index (χ4v) is 4.23. The molecule has 4 nitrogen and oxygen atoms in total. The predicted molar refractivity (Wildman–Crippen MR) is 62.9 cm³/mol. The third kappa shape index (κ3) is 3.03. The minimum atomic E-state index is -1.80. The Kier molecular flexibility index (Phi) is 5.04. The van der Waals surface area contributed by atoms with Gasteiger partial charge in [-0.3, -0.25) is 4.98 Å². The highest BCUT2D eigenvalue weighted by Gasteiger charge is 2.32. The van der Waals surface area contributed by atoms with Gasteiger partial charge in [-0.05, 0) is 34.0 Å². The molecule has 0 heterocycles. The Hall–Kier alpha value is 0.0569. The van der Waals surface area contributed by atoms with Gasteiger partial charge in [0.2, 0.25) is 0 Å². The summed E-state index contributed by atoms with van der Waals surface area (Å²) in [7, 11) is 4.22. The van der Waals surface area contributed by atoms with Crippen molar-refractivity contribution in [1.29, 1.82) is 0 Å². The molecule has 0 saturated heterocycles. The lowest BCUT2D eigenvalue weighted by molar-refractivity contribution is 0.407. The van der Waals surface area contributed by atoms with E-state index in [2.05, 4.69) is 19.9 Å². The summed E-state index contributed by atoms with van der Waals surface area (Å²) in [6, 6.07) is 0.683. The van der Waals surface area contributed by atoms with Gasteiger partial charge < -0.3 is 14.9 Å². The van der Waals surface area contributed by atoms with Crippen molar-refractivity contribution in [3.63, 3.8) is 0 Å². The van der Waals surface area contributed by atoms with Gasteiger partial charge in [-0.1, -0.05) is 19.3 Å². The lowest BCUT2D eigenvalue weighted by atomic mass is 9.96. The lowest BCUT2D eigenvalue weighted by Gasteiger charge is -2.35. The summed E-state index contributed by atoms with van der Waals surface area (Å²) in [5, 5.41) is 0. The molecule has 84 valence electrons. The summed E-state index contributed by atoms with van der Waals surface area (Å²) in [6.07, 6.45) is 6.80.